The topological polar surface area (TPSA) is 26.0 Å². The summed E-state index contributed by atoms with van der Waals surface area (Å²) in [6.07, 6.45) is -2.50. The van der Waals surface area contributed by atoms with Crippen molar-refractivity contribution in [2.45, 2.75) is 24.0 Å². The van der Waals surface area contributed by atoms with Crippen LogP contribution in [0.4, 0.5) is 14.5 Å². The average Bonchev–Trinajstić information content (AvgIpc) is 2.37. The molecular formula is C15H15F2NS. The smallest absolute Gasteiger partial charge is 0.265 e. The van der Waals surface area contributed by atoms with E-state index in [0.717, 1.165) is 5.56 Å². The zero-order chi connectivity index (χ0) is 13.8. The quantitative estimate of drug-likeness (QED) is 0.642. The summed E-state index contributed by atoms with van der Waals surface area (Å²) < 4.78 is 25.9. The van der Waals surface area contributed by atoms with Gasteiger partial charge in [0.2, 0.25) is 0 Å². The molecule has 0 unspecified atom stereocenters. The molecule has 2 N–H and O–H groups in total. The Morgan fingerprint density at radius 2 is 1.95 bits per heavy atom. The Hall–Kier alpha value is -1.55. The molecule has 2 aromatic carbocycles. The van der Waals surface area contributed by atoms with Crippen molar-refractivity contribution in [3.63, 3.8) is 0 Å². The van der Waals surface area contributed by atoms with Gasteiger partial charge in [0.15, 0.2) is 0 Å². The van der Waals surface area contributed by atoms with E-state index in [9.17, 15) is 8.78 Å². The van der Waals surface area contributed by atoms with Crippen LogP contribution in [-0.2, 0) is 5.75 Å². The van der Waals surface area contributed by atoms with Crippen molar-refractivity contribution in [3.8, 4) is 0 Å². The molecule has 1 nitrogen and oxygen atoms in total. The lowest BCUT2D eigenvalue weighted by atomic mass is 10.2. The van der Waals surface area contributed by atoms with Crippen molar-refractivity contribution >= 4 is 17.4 Å². The molecule has 0 aliphatic carbocycles. The number of hydrogen-bond donors (Lipinski definition) is 1. The van der Waals surface area contributed by atoms with Crippen molar-refractivity contribution in [3.05, 3.63) is 59.2 Å². The van der Waals surface area contributed by atoms with E-state index < -0.39 is 6.43 Å². The Morgan fingerprint density at radius 3 is 2.63 bits per heavy atom. The third-order valence-electron chi connectivity index (χ3n) is 2.75. The molecule has 0 saturated carbocycles. The number of alkyl halides is 2. The standard InChI is InChI=1S/C15H15F2NS/c1-10-3-2-4-11(7-10)9-19-14-6-5-12(18)8-13(14)15(16)17/h2-8,15H,9,18H2,1H3. The number of anilines is 1. The first-order valence-corrected chi connectivity index (χ1v) is 6.91. The Kier molecular flexibility index (Phi) is 4.43. The van der Waals surface area contributed by atoms with Crippen LogP contribution < -0.4 is 5.73 Å². The summed E-state index contributed by atoms with van der Waals surface area (Å²) in [5.74, 6) is 0.672. The zero-order valence-corrected chi connectivity index (χ0v) is 11.4. The minimum atomic E-state index is -2.50. The van der Waals surface area contributed by atoms with Gasteiger partial charge in [-0.1, -0.05) is 29.8 Å². The van der Waals surface area contributed by atoms with Crippen LogP contribution in [0.5, 0.6) is 0 Å². The summed E-state index contributed by atoms with van der Waals surface area (Å²) in [4.78, 5) is 0.589. The number of nitrogen functional groups attached to an aromatic ring is 1. The van der Waals surface area contributed by atoms with Crippen molar-refractivity contribution in [2.24, 2.45) is 0 Å². The number of hydrogen-bond acceptors (Lipinski definition) is 2. The molecule has 0 radical (unpaired) electrons. The predicted molar refractivity (Wildman–Crippen MR) is 76.6 cm³/mol. The van der Waals surface area contributed by atoms with Crippen molar-refractivity contribution < 1.29 is 8.78 Å². The van der Waals surface area contributed by atoms with Crippen LogP contribution in [0.3, 0.4) is 0 Å². The predicted octanol–water partition coefficient (Wildman–Crippen LogP) is 4.81. The first-order valence-electron chi connectivity index (χ1n) is 5.92. The molecular weight excluding hydrogens is 264 g/mol. The summed E-state index contributed by atoms with van der Waals surface area (Å²) in [5, 5.41) is 0. The molecule has 4 heteroatoms. The lowest BCUT2D eigenvalue weighted by molar-refractivity contribution is 0.148. The van der Waals surface area contributed by atoms with Gasteiger partial charge in [-0.15, -0.1) is 11.8 Å². The summed E-state index contributed by atoms with van der Waals surface area (Å²) >= 11 is 1.41. The SMILES string of the molecule is Cc1cccc(CSc2ccc(N)cc2C(F)F)c1. The summed E-state index contributed by atoms with van der Waals surface area (Å²) in [7, 11) is 0. The van der Waals surface area contributed by atoms with E-state index in [2.05, 4.69) is 6.07 Å². The molecule has 19 heavy (non-hydrogen) atoms. The van der Waals surface area contributed by atoms with Gasteiger partial charge in [0, 0.05) is 21.9 Å². The number of thioether (sulfide) groups is 1. The highest BCUT2D eigenvalue weighted by molar-refractivity contribution is 7.98. The van der Waals surface area contributed by atoms with E-state index in [1.54, 1.807) is 12.1 Å². The molecule has 0 aromatic heterocycles. The van der Waals surface area contributed by atoms with E-state index in [0.29, 0.717) is 16.3 Å². The van der Waals surface area contributed by atoms with Gasteiger partial charge >= 0.3 is 0 Å². The molecule has 0 bridgehead atoms. The van der Waals surface area contributed by atoms with Crippen LogP contribution in [0.15, 0.2) is 47.4 Å². The van der Waals surface area contributed by atoms with Crippen LogP contribution >= 0.6 is 11.8 Å². The lowest BCUT2D eigenvalue weighted by Crippen LogP contribution is -1.93. The molecule has 0 atom stereocenters. The van der Waals surface area contributed by atoms with Crippen LogP contribution in [0.2, 0.25) is 0 Å². The second-order valence-electron chi connectivity index (χ2n) is 4.38. The minimum absolute atomic E-state index is 0.0117. The molecule has 2 aromatic rings. The third-order valence-corrected chi connectivity index (χ3v) is 3.91. The van der Waals surface area contributed by atoms with Crippen LogP contribution in [-0.4, -0.2) is 0 Å². The molecule has 0 saturated heterocycles. The van der Waals surface area contributed by atoms with E-state index >= 15 is 0 Å². The van der Waals surface area contributed by atoms with Crippen LogP contribution in [0.25, 0.3) is 0 Å². The monoisotopic (exact) mass is 279 g/mol. The minimum Gasteiger partial charge on any atom is -0.399 e. The van der Waals surface area contributed by atoms with Crippen molar-refractivity contribution in [1.82, 2.24) is 0 Å². The normalized spacial score (nSPS) is 10.9. The average molecular weight is 279 g/mol. The number of halogens is 2. The van der Waals surface area contributed by atoms with Gasteiger partial charge in [-0.3, -0.25) is 0 Å². The van der Waals surface area contributed by atoms with Gasteiger partial charge in [-0.25, -0.2) is 8.78 Å². The van der Waals surface area contributed by atoms with Crippen LogP contribution in [0.1, 0.15) is 23.1 Å². The maximum absolute atomic E-state index is 12.9. The number of rotatable bonds is 4. The number of nitrogens with two attached hydrogens (primary N) is 1. The highest BCUT2D eigenvalue weighted by Crippen LogP contribution is 2.33. The largest absolute Gasteiger partial charge is 0.399 e. The maximum Gasteiger partial charge on any atom is 0.265 e. The van der Waals surface area contributed by atoms with E-state index in [1.807, 2.05) is 25.1 Å². The van der Waals surface area contributed by atoms with Gasteiger partial charge in [-0.05, 0) is 30.7 Å². The van der Waals surface area contributed by atoms with Gasteiger partial charge in [-0.2, -0.15) is 0 Å². The molecule has 2 rings (SSSR count). The van der Waals surface area contributed by atoms with Crippen molar-refractivity contribution in [2.75, 3.05) is 5.73 Å². The van der Waals surface area contributed by atoms with Gasteiger partial charge < -0.3 is 5.73 Å². The highest BCUT2D eigenvalue weighted by Gasteiger charge is 2.13. The zero-order valence-electron chi connectivity index (χ0n) is 10.6. The summed E-state index contributed by atoms with van der Waals surface area (Å²) in [6, 6.07) is 12.7. The second-order valence-corrected chi connectivity index (χ2v) is 5.39. The molecule has 0 heterocycles. The molecule has 100 valence electrons. The Morgan fingerprint density at radius 1 is 1.16 bits per heavy atom. The maximum atomic E-state index is 12.9. The fourth-order valence-electron chi connectivity index (χ4n) is 1.83. The second kappa shape index (κ2) is 6.06. The third kappa shape index (κ3) is 3.70. The van der Waals surface area contributed by atoms with E-state index in [1.165, 1.54) is 23.4 Å². The molecule has 0 aliphatic heterocycles. The Bertz CT molecular complexity index is 570. The highest BCUT2D eigenvalue weighted by atomic mass is 32.2. The van der Waals surface area contributed by atoms with Crippen LogP contribution in [0, 0.1) is 6.92 Å². The molecule has 0 amide bonds. The number of aryl methyl sites for hydroxylation is 1. The summed E-state index contributed by atoms with van der Waals surface area (Å²) in [6.45, 7) is 2.02. The molecule has 0 spiro atoms. The van der Waals surface area contributed by atoms with Gasteiger partial charge in [0.1, 0.15) is 0 Å². The number of benzene rings is 2. The first kappa shape index (κ1) is 13.9. The van der Waals surface area contributed by atoms with Gasteiger partial charge in [0.25, 0.3) is 6.43 Å². The van der Waals surface area contributed by atoms with E-state index in [4.69, 9.17) is 5.73 Å². The molecule has 0 aliphatic rings. The fraction of sp³-hybridized carbons (Fsp3) is 0.200. The molecule has 0 fully saturated rings. The first-order chi connectivity index (χ1) is 9.06. The van der Waals surface area contributed by atoms with Gasteiger partial charge in [0.05, 0.1) is 0 Å². The lowest BCUT2D eigenvalue weighted by Gasteiger charge is -2.09. The Labute approximate surface area is 115 Å². The fourth-order valence-corrected chi connectivity index (χ4v) is 2.81. The van der Waals surface area contributed by atoms with Crippen molar-refractivity contribution in [1.29, 1.82) is 0 Å². The van der Waals surface area contributed by atoms with E-state index in [-0.39, 0.29) is 5.56 Å². The Balaban J connectivity index is 2.15. The summed E-state index contributed by atoms with van der Waals surface area (Å²) in [5.41, 5.74) is 8.23.